The average molecular weight is 478 g/mol. The smallest absolute Gasteiger partial charge is 0.261 e. The Kier molecular flexibility index (Phi) is 6.57. The fourth-order valence-electron chi connectivity index (χ4n) is 3.20. The maximum atomic E-state index is 12.7. The zero-order valence-electron chi connectivity index (χ0n) is 18.2. The molecule has 0 bridgehead atoms. The molecule has 3 aromatic carbocycles. The molecule has 0 aliphatic heterocycles. The first kappa shape index (κ1) is 22.7. The van der Waals surface area contributed by atoms with Gasteiger partial charge >= 0.3 is 0 Å². The van der Waals surface area contributed by atoms with Crippen LogP contribution >= 0.6 is 11.3 Å². The van der Waals surface area contributed by atoms with Gasteiger partial charge in [0.25, 0.3) is 15.9 Å². The summed E-state index contributed by atoms with van der Waals surface area (Å²) >= 11 is 1.34. The van der Waals surface area contributed by atoms with E-state index in [1.165, 1.54) is 23.0 Å². The van der Waals surface area contributed by atoms with Crippen LogP contribution < -0.4 is 10.0 Å². The van der Waals surface area contributed by atoms with Crippen LogP contribution in [0.15, 0.2) is 83.1 Å². The molecule has 8 heteroatoms. The van der Waals surface area contributed by atoms with Crippen LogP contribution in [0.3, 0.4) is 0 Å². The molecule has 1 amide bonds. The van der Waals surface area contributed by atoms with E-state index >= 15 is 0 Å². The van der Waals surface area contributed by atoms with Gasteiger partial charge in [0.05, 0.1) is 10.6 Å². The molecule has 0 radical (unpaired) electrons. The van der Waals surface area contributed by atoms with Crippen molar-refractivity contribution >= 4 is 38.1 Å². The van der Waals surface area contributed by atoms with Crippen LogP contribution in [0.5, 0.6) is 0 Å². The molecule has 0 aliphatic rings. The molecule has 0 saturated carbocycles. The molecule has 2 N–H and O–H groups in total. The van der Waals surface area contributed by atoms with Gasteiger partial charge in [-0.1, -0.05) is 55.0 Å². The van der Waals surface area contributed by atoms with Gasteiger partial charge in [0.2, 0.25) is 0 Å². The highest BCUT2D eigenvalue weighted by Gasteiger charge is 2.16. The van der Waals surface area contributed by atoms with Crippen molar-refractivity contribution in [1.29, 1.82) is 0 Å². The third-order valence-corrected chi connectivity index (χ3v) is 7.25. The molecule has 0 unspecified atom stereocenters. The lowest BCUT2D eigenvalue weighted by molar-refractivity contribution is 0.102. The molecule has 1 aromatic heterocycles. The predicted octanol–water partition coefficient (Wildman–Crippen LogP) is 5.73. The highest BCUT2D eigenvalue weighted by atomic mass is 32.2. The minimum Gasteiger partial charge on any atom is -0.298 e. The number of rotatable bonds is 7. The van der Waals surface area contributed by atoms with E-state index < -0.39 is 10.0 Å². The molecule has 6 nitrogen and oxygen atoms in total. The number of hydrogen-bond donors (Lipinski definition) is 2. The Hall–Kier alpha value is -3.49. The third kappa shape index (κ3) is 5.47. The van der Waals surface area contributed by atoms with Gasteiger partial charge in [0, 0.05) is 22.2 Å². The van der Waals surface area contributed by atoms with Crippen molar-refractivity contribution in [1.82, 2.24) is 4.98 Å². The van der Waals surface area contributed by atoms with E-state index in [4.69, 9.17) is 0 Å². The van der Waals surface area contributed by atoms with Gasteiger partial charge in [0.1, 0.15) is 0 Å². The van der Waals surface area contributed by atoms with Crippen molar-refractivity contribution in [3.63, 3.8) is 0 Å². The zero-order valence-corrected chi connectivity index (χ0v) is 19.8. The van der Waals surface area contributed by atoms with Gasteiger partial charge in [0.15, 0.2) is 5.13 Å². The van der Waals surface area contributed by atoms with Crippen LogP contribution in [0.2, 0.25) is 0 Å². The van der Waals surface area contributed by atoms with E-state index in [0.29, 0.717) is 16.4 Å². The Morgan fingerprint density at radius 2 is 1.73 bits per heavy atom. The molecule has 0 saturated heterocycles. The highest BCUT2D eigenvalue weighted by molar-refractivity contribution is 7.92. The monoisotopic (exact) mass is 477 g/mol. The van der Waals surface area contributed by atoms with E-state index in [0.717, 1.165) is 23.2 Å². The molecule has 33 heavy (non-hydrogen) atoms. The second kappa shape index (κ2) is 9.56. The van der Waals surface area contributed by atoms with E-state index in [1.54, 1.807) is 42.5 Å². The van der Waals surface area contributed by atoms with E-state index in [9.17, 15) is 13.2 Å². The maximum Gasteiger partial charge on any atom is 0.261 e. The summed E-state index contributed by atoms with van der Waals surface area (Å²) in [5.41, 5.74) is 4.62. The Morgan fingerprint density at radius 1 is 1.00 bits per heavy atom. The van der Waals surface area contributed by atoms with Crippen LogP contribution in [0.4, 0.5) is 10.8 Å². The number of thiazole rings is 1. The van der Waals surface area contributed by atoms with Crippen LogP contribution in [-0.2, 0) is 16.4 Å². The minimum atomic E-state index is -3.76. The molecule has 0 aliphatic carbocycles. The minimum absolute atomic E-state index is 0.158. The zero-order chi connectivity index (χ0) is 23.4. The van der Waals surface area contributed by atoms with Crippen molar-refractivity contribution in [3.05, 3.63) is 94.9 Å². The van der Waals surface area contributed by atoms with E-state index in [1.807, 2.05) is 24.4 Å². The number of hydrogen-bond acceptors (Lipinski definition) is 5. The first-order valence-corrected chi connectivity index (χ1v) is 12.8. The van der Waals surface area contributed by atoms with Gasteiger partial charge in [-0.3, -0.25) is 14.8 Å². The second-order valence-electron chi connectivity index (χ2n) is 7.54. The second-order valence-corrected chi connectivity index (χ2v) is 10.1. The van der Waals surface area contributed by atoms with Gasteiger partial charge in [-0.25, -0.2) is 13.4 Å². The number of aryl methyl sites for hydroxylation is 2. The molecule has 168 valence electrons. The molecular formula is C25H23N3O3S2. The average Bonchev–Trinajstić information content (AvgIpc) is 3.28. The summed E-state index contributed by atoms with van der Waals surface area (Å²) in [4.78, 5) is 17.4. The number of sulfonamides is 1. The number of nitrogens with one attached hydrogen (secondary N) is 2. The van der Waals surface area contributed by atoms with Crippen molar-refractivity contribution in [2.45, 2.75) is 25.2 Å². The van der Waals surface area contributed by atoms with Crippen molar-refractivity contribution in [2.75, 3.05) is 10.0 Å². The van der Waals surface area contributed by atoms with Crippen LogP contribution in [-0.4, -0.2) is 19.3 Å². The number of aromatic nitrogens is 1. The Morgan fingerprint density at radius 3 is 2.42 bits per heavy atom. The SMILES string of the molecule is CCc1ccc(-c2csc(NC(=O)c3cccc(NS(=O)(=O)c4ccc(C)cc4)c3)n2)cc1. The van der Waals surface area contributed by atoms with Crippen LogP contribution in [0, 0.1) is 6.92 Å². The third-order valence-electron chi connectivity index (χ3n) is 5.09. The van der Waals surface area contributed by atoms with Crippen molar-refractivity contribution in [3.8, 4) is 11.3 Å². The van der Waals surface area contributed by atoms with E-state index in [2.05, 4.69) is 34.1 Å². The first-order valence-electron chi connectivity index (χ1n) is 10.4. The largest absolute Gasteiger partial charge is 0.298 e. The number of nitrogens with zero attached hydrogens (tertiary/aromatic N) is 1. The Bertz CT molecular complexity index is 1380. The first-order chi connectivity index (χ1) is 15.8. The van der Waals surface area contributed by atoms with Crippen LogP contribution in [0.25, 0.3) is 11.3 Å². The number of anilines is 2. The lowest BCUT2D eigenvalue weighted by Gasteiger charge is -2.10. The molecule has 1 heterocycles. The Balaban J connectivity index is 1.47. The molecule has 4 aromatic rings. The van der Waals surface area contributed by atoms with Gasteiger partial charge in [-0.15, -0.1) is 11.3 Å². The fourth-order valence-corrected chi connectivity index (χ4v) is 4.96. The number of carbonyl (C=O) groups excluding carboxylic acids is 1. The standard InChI is InChI=1S/C25H23N3O3S2/c1-3-18-9-11-19(12-10-18)23-16-32-25(26-23)27-24(29)20-5-4-6-21(15-20)28-33(30,31)22-13-7-17(2)8-14-22/h4-16,28H,3H2,1-2H3,(H,26,27,29). The normalized spacial score (nSPS) is 11.2. The summed E-state index contributed by atoms with van der Waals surface area (Å²) in [7, 11) is -3.76. The lowest BCUT2D eigenvalue weighted by Crippen LogP contribution is -2.15. The number of carbonyl (C=O) groups is 1. The lowest BCUT2D eigenvalue weighted by atomic mass is 10.1. The molecule has 4 rings (SSSR count). The van der Waals surface area contributed by atoms with E-state index in [-0.39, 0.29) is 10.8 Å². The molecule has 0 atom stereocenters. The topological polar surface area (TPSA) is 88.2 Å². The Labute approximate surface area is 197 Å². The van der Waals surface area contributed by atoms with Crippen LogP contribution in [0.1, 0.15) is 28.4 Å². The summed E-state index contributed by atoms with van der Waals surface area (Å²) in [5, 5.41) is 5.15. The number of benzene rings is 3. The fraction of sp³-hybridized carbons (Fsp3) is 0.120. The van der Waals surface area contributed by atoms with Crippen molar-refractivity contribution in [2.24, 2.45) is 0 Å². The van der Waals surface area contributed by atoms with Crippen molar-refractivity contribution < 1.29 is 13.2 Å². The molecular weight excluding hydrogens is 454 g/mol. The summed E-state index contributed by atoms with van der Waals surface area (Å²) < 4.78 is 27.8. The number of amides is 1. The molecule has 0 spiro atoms. The highest BCUT2D eigenvalue weighted by Crippen LogP contribution is 2.26. The maximum absolute atomic E-state index is 12.7. The van der Waals surface area contributed by atoms with Gasteiger partial charge in [-0.05, 0) is 49.2 Å². The summed E-state index contributed by atoms with van der Waals surface area (Å²) in [6.45, 7) is 3.99. The summed E-state index contributed by atoms with van der Waals surface area (Å²) in [5.74, 6) is -0.367. The van der Waals surface area contributed by atoms with Gasteiger partial charge in [-0.2, -0.15) is 0 Å². The summed E-state index contributed by atoms with van der Waals surface area (Å²) in [6, 6.07) is 21.1. The predicted molar refractivity (Wildman–Crippen MR) is 133 cm³/mol. The summed E-state index contributed by atoms with van der Waals surface area (Å²) in [6.07, 6.45) is 0.971. The van der Waals surface area contributed by atoms with Gasteiger partial charge < -0.3 is 0 Å². The molecule has 0 fully saturated rings. The quantitative estimate of drug-likeness (QED) is 0.356.